The van der Waals surface area contributed by atoms with Gasteiger partial charge < -0.3 is 9.47 Å². The Labute approximate surface area is 197 Å². The number of nitrogens with one attached hydrogen (secondary N) is 1. The van der Waals surface area contributed by atoms with Crippen molar-refractivity contribution in [2.45, 2.75) is 43.0 Å². The number of halogens is 1. The maximum absolute atomic E-state index is 13.5. The van der Waals surface area contributed by atoms with E-state index in [1.807, 2.05) is 0 Å². The van der Waals surface area contributed by atoms with Crippen molar-refractivity contribution in [2.75, 3.05) is 13.2 Å². The normalized spacial score (nSPS) is 14.9. The number of benzene rings is 2. The van der Waals surface area contributed by atoms with E-state index in [9.17, 15) is 23.2 Å². The molecule has 0 atom stereocenters. The van der Waals surface area contributed by atoms with Gasteiger partial charge in [0.05, 0.1) is 17.9 Å². The average Bonchev–Trinajstić information content (AvgIpc) is 2.77. The molecule has 2 aromatic rings. The maximum Gasteiger partial charge on any atom is 0.307 e. The lowest BCUT2D eigenvalue weighted by Crippen LogP contribution is -2.64. The van der Waals surface area contributed by atoms with Crippen molar-refractivity contribution in [3.8, 4) is 11.5 Å². The van der Waals surface area contributed by atoms with Crippen LogP contribution in [0.1, 0.15) is 32.6 Å². The van der Waals surface area contributed by atoms with Gasteiger partial charge in [0.25, 0.3) is 5.91 Å². The predicted octanol–water partition coefficient (Wildman–Crippen LogP) is 3.50. The molecule has 1 amide bonds. The summed E-state index contributed by atoms with van der Waals surface area (Å²) in [6.45, 7) is 1.53. The van der Waals surface area contributed by atoms with Gasteiger partial charge in [-0.15, -0.1) is 0 Å². The Balaban J connectivity index is 1.87. The van der Waals surface area contributed by atoms with Gasteiger partial charge in [0.15, 0.2) is 0 Å². The van der Waals surface area contributed by atoms with Crippen LogP contribution in [-0.4, -0.2) is 48.5 Å². The van der Waals surface area contributed by atoms with Crippen molar-refractivity contribution in [1.29, 1.82) is 0 Å². The second-order valence-electron chi connectivity index (χ2n) is 7.49. The smallest absolute Gasteiger partial charge is 0.307 e. The fourth-order valence-corrected chi connectivity index (χ4v) is 5.56. The van der Waals surface area contributed by atoms with Gasteiger partial charge in [-0.05, 0) is 74.7 Å². The zero-order chi connectivity index (χ0) is 24.1. The number of nitrogens with zero attached hydrogens (tertiary/aromatic N) is 1. The van der Waals surface area contributed by atoms with Crippen molar-refractivity contribution < 1.29 is 32.7 Å². The van der Waals surface area contributed by atoms with Gasteiger partial charge in [-0.3, -0.25) is 14.8 Å². The molecule has 0 unspecified atom stereocenters. The molecule has 0 heterocycles. The highest BCUT2D eigenvalue weighted by molar-refractivity contribution is 7.89. The summed E-state index contributed by atoms with van der Waals surface area (Å²) in [5.74, 6) is -0.480. The molecule has 1 aliphatic rings. The second kappa shape index (κ2) is 10.5. The number of carbonyl (C=O) groups is 2. The van der Waals surface area contributed by atoms with Crippen LogP contribution in [0.4, 0.5) is 0 Å². The quantitative estimate of drug-likeness (QED) is 0.293. The fraction of sp³-hybridized carbons (Fsp3) is 0.364. The van der Waals surface area contributed by atoms with Crippen LogP contribution in [0.3, 0.4) is 0 Å². The van der Waals surface area contributed by atoms with E-state index in [4.69, 9.17) is 21.1 Å². The van der Waals surface area contributed by atoms with Crippen LogP contribution in [0, 0.1) is 0 Å². The van der Waals surface area contributed by atoms with Gasteiger partial charge in [-0.2, -0.15) is 4.31 Å². The molecule has 1 saturated carbocycles. The summed E-state index contributed by atoms with van der Waals surface area (Å²) in [5.41, 5.74) is 0.101. The minimum Gasteiger partial charge on any atom is -0.466 e. The first-order valence-electron chi connectivity index (χ1n) is 10.4. The number of rotatable bonds is 10. The van der Waals surface area contributed by atoms with E-state index in [-0.39, 0.29) is 37.3 Å². The van der Waals surface area contributed by atoms with E-state index in [0.717, 1.165) is 4.31 Å². The molecular weight excluding hydrogens is 472 g/mol. The van der Waals surface area contributed by atoms with Crippen molar-refractivity contribution in [2.24, 2.45) is 0 Å². The highest BCUT2D eigenvalue weighted by atomic mass is 35.5. The molecule has 33 heavy (non-hydrogen) atoms. The number of amides is 1. The largest absolute Gasteiger partial charge is 0.466 e. The first kappa shape index (κ1) is 25.0. The highest BCUT2D eigenvalue weighted by Crippen LogP contribution is 2.41. The van der Waals surface area contributed by atoms with Crippen molar-refractivity contribution >= 4 is 33.5 Å². The monoisotopic (exact) mass is 496 g/mol. The minimum absolute atomic E-state index is 0.0770. The number of esters is 1. The summed E-state index contributed by atoms with van der Waals surface area (Å²) in [7, 11) is -4.20. The zero-order valence-electron chi connectivity index (χ0n) is 18.0. The van der Waals surface area contributed by atoms with E-state index in [0.29, 0.717) is 22.9 Å². The molecule has 0 saturated heterocycles. The third kappa shape index (κ3) is 5.47. The molecule has 0 aliphatic heterocycles. The SMILES string of the molecule is CCOC(=O)CCN(C1(C(=O)NO)CCC1)S(=O)(=O)c1ccc(Oc2ccc(Cl)cc2)cc1. The van der Waals surface area contributed by atoms with Crippen molar-refractivity contribution in [3.63, 3.8) is 0 Å². The molecule has 0 radical (unpaired) electrons. The number of carbonyl (C=O) groups excluding carboxylic acids is 2. The van der Waals surface area contributed by atoms with Crippen LogP contribution in [0.5, 0.6) is 11.5 Å². The lowest BCUT2D eigenvalue weighted by atomic mass is 9.76. The van der Waals surface area contributed by atoms with Crippen LogP contribution in [0.2, 0.25) is 5.02 Å². The molecule has 2 N–H and O–H groups in total. The summed E-state index contributed by atoms with van der Waals surface area (Å²) in [6, 6.07) is 12.4. The Morgan fingerprint density at radius 2 is 1.67 bits per heavy atom. The summed E-state index contributed by atoms with van der Waals surface area (Å²) < 4.78 is 38.6. The molecule has 0 spiro atoms. The van der Waals surface area contributed by atoms with Crippen LogP contribution in [0.25, 0.3) is 0 Å². The molecule has 9 nitrogen and oxygen atoms in total. The molecule has 178 valence electrons. The molecule has 3 rings (SSSR count). The third-order valence-corrected chi connectivity index (χ3v) is 7.70. The van der Waals surface area contributed by atoms with E-state index in [1.54, 1.807) is 36.7 Å². The third-order valence-electron chi connectivity index (χ3n) is 5.47. The molecule has 0 bridgehead atoms. The topological polar surface area (TPSA) is 122 Å². The summed E-state index contributed by atoms with van der Waals surface area (Å²) >= 11 is 5.86. The average molecular weight is 497 g/mol. The van der Waals surface area contributed by atoms with E-state index < -0.39 is 27.4 Å². The number of hydrogen-bond acceptors (Lipinski definition) is 7. The second-order valence-corrected chi connectivity index (χ2v) is 9.78. The van der Waals surface area contributed by atoms with Crippen molar-refractivity contribution in [1.82, 2.24) is 9.79 Å². The van der Waals surface area contributed by atoms with Crippen LogP contribution < -0.4 is 10.2 Å². The van der Waals surface area contributed by atoms with Crippen molar-refractivity contribution in [3.05, 3.63) is 53.6 Å². The molecular formula is C22H25ClN2O7S. The van der Waals surface area contributed by atoms with Gasteiger partial charge in [-0.1, -0.05) is 11.6 Å². The van der Waals surface area contributed by atoms with E-state index in [1.165, 1.54) is 24.3 Å². The number of ether oxygens (including phenoxy) is 2. The first-order chi connectivity index (χ1) is 15.7. The number of sulfonamides is 1. The van der Waals surface area contributed by atoms with E-state index >= 15 is 0 Å². The standard InChI is InChI=1S/C22H25ClN2O7S/c1-2-31-20(26)12-15-25(22(13-3-14-22)21(27)24-28)33(29,30)19-10-8-18(9-11-19)32-17-6-4-16(23)5-7-17/h4-11,28H,2-3,12-15H2,1H3,(H,24,27). The van der Waals surface area contributed by atoms with Gasteiger partial charge >= 0.3 is 5.97 Å². The summed E-state index contributed by atoms with van der Waals surface area (Å²) in [6.07, 6.45) is 0.816. The zero-order valence-corrected chi connectivity index (χ0v) is 19.6. The predicted molar refractivity (Wildman–Crippen MR) is 120 cm³/mol. The molecule has 2 aromatic carbocycles. The molecule has 1 fully saturated rings. The number of hydroxylamine groups is 1. The van der Waals surface area contributed by atoms with Gasteiger partial charge in [0.2, 0.25) is 10.0 Å². The Morgan fingerprint density at radius 1 is 1.09 bits per heavy atom. The van der Waals surface area contributed by atoms with Crippen LogP contribution in [0.15, 0.2) is 53.4 Å². The van der Waals surface area contributed by atoms with Crippen LogP contribution in [-0.2, 0) is 24.3 Å². The lowest BCUT2D eigenvalue weighted by molar-refractivity contribution is -0.147. The van der Waals surface area contributed by atoms with Crippen LogP contribution >= 0.6 is 11.6 Å². The molecule has 0 aromatic heterocycles. The lowest BCUT2D eigenvalue weighted by Gasteiger charge is -2.46. The number of hydrogen-bond donors (Lipinski definition) is 2. The van der Waals surface area contributed by atoms with Gasteiger partial charge in [-0.25, -0.2) is 13.9 Å². The minimum atomic E-state index is -4.20. The molecule has 1 aliphatic carbocycles. The molecule has 11 heteroatoms. The highest BCUT2D eigenvalue weighted by Gasteiger charge is 2.54. The summed E-state index contributed by atoms with van der Waals surface area (Å²) in [4.78, 5) is 24.3. The van der Waals surface area contributed by atoms with E-state index in [2.05, 4.69) is 0 Å². The summed E-state index contributed by atoms with van der Waals surface area (Å²) in [5, 5.41) is 9.80. The Morgan fingerprint density at radius 3 is 2.15 bits per heavy atom. The Kier molecular flexibility index (Phi) is 7.96. The van der Waals surface area contributed by atoms with Gasteiger partial charge in [0, 0.05) is 11.6 Å². The Hall–Kier alpha value is -2.66. The maximum atomic E-state index is 13.5. The Bertz CT molecular complexity index is 1080. The first-order valence-corrected chi connectivity index (χ1v) is 12.2. The van der Waals surface area contributed by atoms with Gasteiger partial charge in [0.1, 0.15) is 17.0 Å². The fourth-order valence-electron chi connectivity index (χ4n) is 3.64.